The second-order valence-electron chi connectivity index (χ2n) is 5.24. The first-order valence-electron chi connectivity index (χ1n) is 7.10. The van der Waals surface area contributed by atoms with Gasteiger partial charge in [-0.2, -0.15) is 0 Å². The molecule has 120 valence electrons. The molecule has 0 aromatic heterocycles. The maximum atomic E-state index is 12.3. The van der Waals surface area contributed by atoms with Crippen LogP contribution >= 0.6 is 0 Å². The molecule has 1 unspecified atom stereocenters. The molecule has 0 fully saturated rings. The van der Waals surface area contributed by atoms with Crippen LogP contribution in [0.3, 0.4) is 0 Å². The molecule has 1 heterocycles. The maximum absolute atomic E-state index is 12.3. The van der Waals surface area contributed by atoms with Crippen molar-refractivity contribution in [1.29, 1.82) is 0 Å². The van der Waals surface area contributed by atoms with E-state index in [1.165, 1.54) is 12.1 Å². The van der Waals surface area contributed by atoms with Crippen LogP contribution < -0.4 is 15.2 Å². The number of hydrogen-bond acceptors (Lipinski definition) is 5. The van der Waals surface area contributed by atoms with Crippen molar-refractivity contribution in [2.45, 2.75) is 24.0 Å². The highest BCUT2D eigenvalue weighted by Crippen LogP contribution is 2.28. The number of carbonyl (C=O) groups is 1. The van der Waals surface area contributed by atoms with E-state index in [4.69, 9.17) is 10.5 Å². The monoisotopic (exact) mass is 332 g/mol. The molecule has 1 amide bonds. The SMILES string of the molecule is NCc1ccc(S(=O)(=O)NC(=O)C2Cc3ccccc3O2)cc1. The average Bonchev–Trinajstić information content (AvgIpc) is 2.99. The first-order valence-corrected chi connectivity index (χ1v) is 8.58. The summed E-state index contributed by atoms with van der Waals surface area (Å²) in [5.41, 5.74) is 7.17. The van der Waals surface area contributed by atoms with Gasteiger partial charge in [-0.25, -0.2) is 13.1 Å². The molecule has 0 radical (unpaired) electrons. The van der Waals surface area contributed by atoms with Gasteiger partial charge in [0.25, 0.3) is 15.9 Å². The Balaban J connectivity index is 1.72. The van der Waals surface area contributed by atoms with Crippen LogP contribution in [0.15, 0.2) is 53.4 Å². The van der Waals surface area contributed by atoms with Crippen LogP contribution in [0.4, 0.5) is 0 Å². The fraction of sp³-hybridized carbons (Fsp3) is 0.188. The molecule has 0 bridgehead atoms. The molecule has 0 saturated heterocycles. The van der Waals surface area contributed by atoms with Crippen LogP contribution in [0, 0.1) is 0 Å². The van der Waals surface area contributed by atoms with Crippen molar-refractivity contribution in [2.24, 2.45) is 5.73 Å². The highest BCUT2D eigenvalue weighted by Gasteiger charge is 2.31. The second-order valence-corrected chi connectivity index (χ2v) is 6.92. The predicted molar refractivity (Wildman–Crippen MR) is 84.2 cm³/mol. The van der Waals surface area contributed by atoms with Crippen molar-refractivity contribution in [2.75, 3.05) is 0 Å². The Morgan fingerprint density at radius 3 is 2.52 bits per heavy atom. The molecule has 3 N–H and O–H groups in total. The number of ether oxygens (including phenoxy) is 1. The number of nitrogens with two attached hydrogens (primary N) is 1. The summed E-state index contributed by atoms with van der Waals surface area (Å²) in [7, 11) is -3.93. The minimum atomic E-state index is -3.93. The molecule has 23 heavy (non-hydrogen) atoms. The molecule has 2 aromatic carbocycles. The van der Waals surface area contributed by atoms with Gasteiger partial charge in [-0.1, -0.05) is 30.3 Å². The molecule has 0 saturated carbocycles. The van der Waals surface area contributed by atoms with Gasteiger partial charge >= 0.3 is 0 Å². The molecule has 6 nitrogen and oxygen atoms in total. The van der Waals surface area contributed by atoms with Gasteiger partial charge in [0.15, 0.2) is 6.10 Å². The first-order chi connectivity index (χ1) is 11.0. The average molecular weight is 332 g/mol. The van der Waals surface area contributed by atoms with Crippen molar-refractivity contribution < 1.29 is 17.9 Å². The van der Waals surface area contributed by atoms with Crippen molar-refractivity contribution in [3.8, 4) is 5.75 Å². The van der Waals surface area contributed by atoms with E-state index in [1.54, 1.807) is 24.3 Å². The topological polar surface area (TPSA) is 98.5 Å². The summed E-state index contributed by atoms with van der Waals surface area (Å²) in [6.07, 6.45) is -0.491. The molecule has 2 aromatic rings. The number of fused-ring (bicyclic) bond motifs is 1. The Kier molecular flexibility index (Phi) is 4.06. The van der Waals surface area contributed by atoms with Gasteiger partial charge < -0.3 is 10.5 Å². The Labute approximate surface area is 134 Å². The lowest BCUT2D eigenvalue weighted by Gasteiger charge is -2.12. The van der Waals surface area contributed by atoms with Crippen LogP contribution in [0.2, 0.25) is 0 Å². The summed E-state index contributed by atoms with van der Waals surface area (Å²) in [6.45, 7) is 0.320. The van der Waals surface area contributed by atoms with Gasteiger partial charge in [0.1, 0.15) is 5.75 Å². The van der Waals surface area contributed by atoms with E-state index >= 15 is 0 Å². The summed E-state index contributed by atoms with van der Waals surface area (Å²) in [5, 5.41) is 0. The van der Waals surface area contributed by atoms with E-state index in [9.17, 15) is 13.2 Å². The van der Waals surface area contributed by atoms with E-state index in [2.05, 4.69) is 4.72 Å². The number of para-hydroxylation sites is 1. The van der Waals surface area contributed by atoms with Gasteiger partial charge in [0.2, 0.25) is 0 Å². The number of nitrogens with one attached hydrogen (secondary N) is 1. The van der Waals surface area contributed by atoms with Crippen LogP contribution in [-0.2, 0) is 27.8 Å². The fourth-order valence-corrected chi connectivity index (χ4v) is 3.40. The first kappa shape index (κ1) is 15.5. The number of carbonyl (C=O) groups excluding carboxylic acids is 1. The Hall–Kier alpha value is -2.38. The lowest BCUT2D eigenvalue weighted by atomic mass is 10.1. The Morgan fingerprint density at radius 1 is 1.17 bits per heavy atom. The van der Waals surface area contributed by atoms with Crippen LogP contribution in [0.1, 0.15) is 11.1 Å². The quantitative estimate of drug-likeness (QED) is 0.869. The zero-order valence-electron chi connectivity index (χ0n) is 12.2. The minimum absolute atomic E-state index is 0.0126. The van der Waals surface area contributed by atoms with Crippen LogP contribution in [0.5, 0.6) is 5.75 Å². The normalized spacial score (nSPS) is 16.5. The maximum Gasteiger partial charge on any atom is 0.275 e. The van der Waals surface area contributed by atoms with Gasteiger partial charge in [-0.05, 0) is 29.3 Å². The highest BCUT2D eigenvalue weighted by atomic mass is 32.2. The lowest BCUT2D eigenvalue weighted by molar-refractivity contribution is -0.125. The van der Waals surface area contributed by atoms with Gasteiger partial charge in [-0.3, -0.25) is 4.79 Å². The third-order valence-electron chi connectivity index (χ3n) is 3.64. The number of hydrogen-bond donors (Lipinski definition) is 2. The van der Waals surface area contributed by atoms with Gasteiger partial charge in [-0.15, -0.1) is 0 Å². The second kappa shape index (κ2) is 6.02. The number of sulfonamides is 1. The summed E-state index contributed by atoms with van der Waals surface area (Å²) in [6, 6.07) is 13.3. The molecule has 0 aliphatic carbocycles. The molecule has 0 spiro atoms. The van der Waals surface area contributed by atoms with Crippen molar-refractivity contribution in [1.82, 2.24) is 4.72 Å². The molecule has 1 aliphatic rings. The smallest absolute Gasteiger partial charge is 0.275 e. The molecule has 1 aliphatic heterocycles. The lowest BCUT2D eigenvalue weighted by Crippen LogP contribution is -2.40. The summed E-state index contributed by atoms with van der Waals surface area (Å²) in [5.74, 6) is -0.0681. The Morgan fingerprint density at radius 2 is 1.87 bits per heavy atom. The predicted octanol–water partition coefficient (Wildman–Crippen LogP) is 0.954. The third kappa shape index (κ3) is 3.20. The molecular weight excluding hydrogens is 316 g/mol. The zero-order chi connectivity index (χ0) is 16.4. The van der Waals surface area contributed by atoms with E-state index in [0.29, 0.717) is 18.7 Å². The number of benzene rings is 2. The Bertz CT molecular complexity index is 806. The fourth-order valence-electron chi connectivity index (χ4n) is 2.39. The van der Waals surface area contributed by atoms with Crippen molar-refractivity contribution in [3.05, 3.63) is 59.7 Å². The van der Waals surface area contributed by atoms with E-state index < -0.39 is 22.0 Å². The standard InChI is InChI=1S/C16H16N2O4S/c17-10-11-5-7-13(8-6-11)23(20,21)18-16(19)15-9-12-3-1-2-4-14(12)22-15/h1-8,15H,9-10,17H2,(H,18,19). The minimum Gasteiger partial charge on any atom is -0.480 e. The third-order valence-corrected chi connectivity index (χ3v) is 5.01. The largest absolute Gasteiger partial charge is 0.480 e. The van der Waals surface area contributed by atoms with Crippen LogP contribution in [0.25, 0.3) is 0 Å². The molecule has 3 rings (SSSR count). The van der Waals surface area contributed by atoms with Crippen LogP contribution in [-0.4, -0.2) is 20.4 Å². The van der Waals surface area contributed by atoms with Gasteiger partial charge in [0, 0.05) is 13.0 Å². The summed E-state index contributed by atoms with van der Waals surface area (Å²) < 4.78 is 32.1. The molecular formula is C16H16N2O4S. The molecule has 7 heteroatoms. The van der Waals surface area contributed by atoms with Gasteiger partial charge in [0.05, 0.1) is 4.90 Å². The molecule has 1 atom stereocenters. The van der Waals surface area contributed by atoms with E-state index in [0.717, 1.165) is 11.1 Å². The van der Waals surface area contributed by atoms with E-state index in [-0.39, 0.29) is 4.90 Å². The number of amides is 1. The summed E-state index contributed by atoms with van der Waals surface area (Å²) >= 11 is 0. The zero-order valence-corrected chi connectivity index (χ0v) is 13.0. The number of rotatable bonds is 4. The van der Waals surface area contributed by atoms with Crippen molar-refractivity contribution >= 4 is 15.9 Å². The van der Waals surface area contributed by atoms with Crippen molar-refractivity contribution in [3.63, 3.8) is 0 Å². The summed E-state index contributed by atoms with van der Waals surface area (Å²) in [4.78, 5) is 12.2. The highest BCUT2D eigenvalue weighted by molar-refractivity contribution is 7.90. The van der Waals surface area contributed by atoms with E-state index in [1.807, 2.05) is 12.1 Å².